The molecule has 0 saturated carbocycles. The summed E-state index contributed by atoms with van der Waals surface area (Å²) in [6.07, 6.45) is 1.97. The number of carbonyl (C=O) groups excluding carboxylic acids is 1. The first kappa shape index (κ1) is 17.9. The maximum absolute atomic E-state index is 13.6. The van der Waals surface area contributed by atoms with Gasteiger partial charge in [0.15, 0.2) is 6.79 Å². The molecular formula is C18H19F2NO3. The highest BCUT2D eigenvalue weighted by Crippen LogP contribution is 2.20. The fourth-order valence-corrected chi connectivity index (χ4v) is 1.95. The van der Waals surface area contributed by atoms with Gasteiger partial charge in [-0.05, 0) is 36.8 Å². The van der Waals surface area contributed by atoms with Crippen molar-refractivity contribution < 1.29 is 23.0 Å². The van der Waals surface area contributed by atoms with Gasteiger partial charge in [-0.3, -0.25) is 4.79 Å². The number of hydrogen-bond donors (Lipinski definition) is 1. The van der Waals surface area contributed by atoms with Gasteiger partial charge in [0.25, 0.3) is 5.91 Å². The van der Waals surface area contributed by atoms with Crippen molar-refractivity contribution in [1.82, 2.24) is 0 Å². The molecule has 2 aromatic rings. The zero-order chi connectivity index (χ0) is 17.4. The minimum Gasteiger partial charge on any atom is -0.468 e. The van der Waals surface area contributed by atoms with Gasteiger partial charge in [0.2, 0.25) is 0 Å². The zero-order valence-electron chi connectivity index (χ0n) is 13.4. The Morgan fingerprint density at radius 3 is 2.54 bits per heavy atom. The minimum absolute atomic E-state index is 0.0764. The molecule has 0 spiro atoms. The number of carbonyl (C=O) groups is 1. The van der Waals surface area contributed by atoms with Crippen LogP contribution in [-0.4, -0.2) is 19.3 Å². The van der Waals surface area contributed by atoms with Gasteiger partial charge in [-0.1, -0.05) is 25.5 Å². The van der Waals surface area contributed by atoms with Gasteiger partial charge in [-0.25, -0.2) is 8.78 Å². The minimum atomic E-state index is -0.833. The summed E-state index contributed by atoms with van der Waals surface area (Å²) in [6.45, 7) is 2.74. The number of halogens is 2. The molecule has 1 amide bonds. The van der Waals surface area contributed by atoms with Gasteiger partial charge in [0.1, 0.15) is 23.1 Å². The number of nitrogens with one attached hydrogen (secondary N) is 1. The Labute approximate surface area is 139 Å². The lowest BCUT2D eigenvalue weighted by Crippen LogP contribution is -2.14. The topological polar surface area (TPSA) is 47.6 Å². The molecule has 0 saturated heterocycles. The highest BCUT2D eigenvalue weighted by molar-refractivity contribution is 6.04. The van der Waals surface area contributed by atoms with E-state index in [1.165, 1.54) is 18.2 Å². The van der Waals surface area contributed by atoms with Crippen LogP contribution in [-0.2, 0) is 4.74 Å². The first-order valence-electron chi connectivity index (χ1n) is 7.67. The normalized spacial score (nSPS) is 10.5. The van der Waals surface area contributed by atoms with Gasteiger partial charge >= 0.3 is 0 Å². The van der Waals surface area contributed by atoms with Crippen LogP contribution in [0.5, 0.6) is 5.75 Å². The van der Waals surface area contributed by atoms with E-state index in [1.54, 1.807) is 12.1 Å². The molecule has 2 aromatic carbocycles. The SMILES string of the molecule is CCCCOCOc1cccc(C(=O)Nc2c(F)cccc2F)c1. The summed E-state index contributed by atoms with van der Waals surface area (Å²) in [5.74, 6) is -1.86. The molecule has 4 nitrogen and oxygen atoms in total. The molecule has 0 heterocycles. The molecule has 128 valence electrons. The molecule has 0 unspecified atom stereocenters. The molecule has 0 bridgehead atoms. The van der Waals surface area contributed by atoms with Crippen LogP contribution in [0.1, 0.15) is 30.1 Å². The number of amides is 1. The third-order valence-electron chi connectivity index (χ3n) is 3.25. The molecule has 2 rings (SSSR count). The van der Waals surface area contributed by atoms with Crippen molar-refractivity contribution in [1.29, 1.82) is 0 Å². The van der Waals surface area contributed by atoms with Crippen LogP contribution in [0.2, 0.25) is 0 Å². The monoisotopic (exact) mass is 335 g/mol. The highest BCUT2D eigenvalue weighted by atomic mass is 19.1. The number of para-hydroxylation sites is 1. The fraction of sp³-hybridized carbons (Fsp3) is 0.278. The molecular weight excluding hydrogens is 316 g/mol. The molecule has 0 aliphatic rings. The Morgan fingerprint density at radius 2 is 1.83 bits per heavy atom. The summed E-state index contributed by atoms with van der Waals surface area (Å²) in [7, 11) is 0. The third kappa shape index (κ3) is 5.03. The average Bonchev–Trinajstić information content (AvgIpc) is 2.58. The summed E-state index contributed by atoms with van der Waals surface area (Å²) < 4.78 is 37.8. The molecule has 6 heteroatoms. The van der Waals surface area contributed by atoms with Gasteiger partial charge in [-0.2, -0.15) is 0 Å². The van der Waals surface area contributed by atoms with E-state index >= 15 is 0 Å². The van der Waals surface area contributed by atoms with Crippen molar-refractivity contribution in [3.05, 3.63) is 59.7 Å². The molecule has 0 radical (unpaired) electrons. The smallest absolute Gasteiger partial charge is 0.255 e. The number of anilines is 1. The number of benzene rings is 2. The lowest BCUT2D eigenvalue weighted by molar-refractivity contribution is 0.0140. The lowest BCUT2D eigenvalue weighted by atomic mass is 10.2. The zero-order valence-corrected chi connectivity index (χ0v) is 13.4. The van der Waals surface area contributed by atoms with Gasteiger partial charge in [0.05, 0.1) is 6.61 Å². The van der Waals surface area contributed by atoms with Crippen LogP contribution in [0.15, 0.2) is 42.5 Å². The van der Waals surface area contributed by atoms with Gasteiger partial charge in [0, 0.05) is 5.56 Å². The maximum atomic E-state index is 13.6. The summed E-state index contributed by atoms with van der Waals surface area (Å²) >= 11 is 0. The van der Waals surface area contributed by atoms with E-state index in [0.717, 1.165) is 25.0 Å². The summed E-state index contributed by atoms with van der Waals surface area (Å²) in [5, 5.41) is 2.23. The fourth-order valence-electron chi connectivity index (χ4n) is 1.95. The van der Waals surface area contributed by atoms with E-state index in [4.69, 9.17) is 9.47 Å². The van der Waals surface area contributed by atoms with E-state index in [0.29, 0.717) is 12.4 Å². The number of rotatable bonds is 8. The number of hydrogen-bond acceptors (Lipinski definition) is 3. The molecule has 0 aliphatic carbocycles. The second kappa shape index (κ2) is 8.98. The Morgan fingerprint density at radius 1 is 1.12 bits per heavy atom. The molecule has 1 N–H and O–H groups in total. The summed E-state index contributed by atoms with van der Waals surface area (Å²) in [5.41, 5.74) is -0.250. The molecule has 0 aromatic heterocycles. The Kier molecular flexibility index (Phi) is 6.69. The molecule has 0 fully saturated rings. The number of ether oxygens (including phenoxy) is 2. The standard InChI is InChI=1S/C18H19F2NO3/c1-2-3-10-23-12-24-14-7-4-6-13(11-14)18(22)21-17-15(19)8-5-9-16(17)20/h4-9,11H,2-3,10,12H2,1H3,(H,21,22). The first-order chi connectivity index (χ1) is 11.6. The Hall–Kier alpha value is -2.47. The van der Waals surface area contributed by atoms with Crippen molar-refractivity contribution in [2.24, 2.45) is 0 Å². The maximum Gasteiger partial charge on any atom is 0.255 e. The predicted molar refractivity (Wildman–Crippen MR) is 87.1 cm³/mol. The third-order valence-corrected chi connectivity index (χ3v) is 3.25. The van der Waals surface area contributed by atoms with E-state index in [9.17, 15) is 13.6 Å². The van der Waals surface area contributed by atoms with Crippen molar-refractivity contribution in [2.45, 2.75) is 19.8 Å². The van der Waals surface area contributed by atoms with Crippen molar-refractivity contribution >= 4 is 11.6 Å². The Balaban J connectivity index is 1.98. The lowest BCUT2D eigenvalue weighted by Gasteiger charge is -2.10. The second-order valence-corrected chi connectivity index (χ2v) is 5.10. The van der Waals surface area contributed by atoms with Crippen LogP contribution >= 0.6 is 0 Å². The quantitative estimate of drug-likeness (QED) is 0.575. The van der Waals surface area contributed by atoms with Crippen molar-refractivity contribution in [3.8, 4) is 5.75 Å². The van der Waals surface area contributed by atoms with E-state index in [-0.39, 0.29) is 12.4 Å². The van der Waals surface area contributed by atoms with Gasteiger partial charge < -0.3 is 14.8 Å². The first-order valence-corrected chi connectivity index (χ1v) is 7.67. The van der Waals surface area contributed by atoms with E-state index < -0.39 is 23.2 Å². The molecule has 0 aliphatic heterocycles. The molecule has 0 atom stereocenters. The van der Waals surface area contributed by atoms with Gasteiger partial charge in [-0.15, -0.1) is 0 Å². The molecule has 24 heavy (non-hydrogen) atoms. The van der Waals surface area contributed by atoms with Crippen LogP contribution in [0.3, 0.4) is 0 Å². The van der Waals surface area contributed by atoms with Crippen LogP contribution in [0, 0.1) is 11.6 Å². The van der Waals surface area contributed by atoms with Crippen LogP contribution in [0.4, 0.5) is 14.5 Å². The van der Waals surface area contributed by atoms with E-state index in [2.05, 4.69) is 12.2 Å². The predicted octanol–water partition coefficient (Wildman–Crippen LogP) is 4.37. The van der Waals surface area contributed by atoms with Crippen LogP contribution in [0.25, 0.3) is 0 Å². The Bertz CT molecular complexity index is 671. The summed E-state index contributed by atoms with van der Waals surface area (Å²) in [4.78, 5) is 12.2. The van der Waals surface area contributed by atoms with E-state index in [1.807, 2.05) is 0 Å². The second-order valence-electron chi connectivity index (χ2n) is 5.10. The van der Waals surface area contributed by atoms with Crippen LogP contribution < -0.4 is 10.1 Å². The largest absolute Gasteiger partial charge is 0.468 e. The average molecular weight is 335 g/mol. The number of unbranched alkanes of at least 4 members (excludes halogenated alkanes) is 1. The van der Waals surface area contributed by atoms with Crippen molar-refractivity contribution in [3.63, 3.8) is 0 Å². The highest BCUT2D eigenvalue weighted by Gasteiger charge is 2.13. The van der Waals surface area contributed by atoms with Crippen molar-refractivity contribution in [2.75, 3.05) is 18.7 Å². The summed E-state index contributed by atoms with van der Waals surface area (Å²) in [6, 6.07) is 9.68.